The normalized spacial score (nSPS) is 13.4. The van der Waals surface area contributed by atoms with Gasteiger partial charge in [0, 0.05) is 29.9 Å². The fourth-order valence-corrected chi connectivity index (χ4v) is 4.59. The lowest BCUT2D eigenvalue weighted by Crippen LogP contribution is -2.25. The number of likely N-dealkylation sites (tertiary alicyclic amines) is 1. The molecule has 1 saturated heterocycles. The van der Waals surface area contributed by atoms with Crippen LogP contribution in [0.2, 0.25) is 0 Å². The summed E-state index contributed by atoms with van der Waals surface area (Å²) >= 11 is 0. The standard InChI is InChI=1S/C27H25N5O.2C2HF3O2/c1-2-6-25-23(5-1)24(11-13-28-25)27-30-29-26-19-21(12-16-32(26)27)20-7-9-22(10-8-20)33-18-17-31-14-3-4-15-31;2*3-2(4,5)1(6)7/h1-2,5-13,16,19H,3-4,14-15,17-18H2;2*(H,6,7). The molecule has 1 fully saturated rings. The van der Waals surface area contributed by atoms with E-state index in [2.05, 4.69) is 50.4 Å². The van der Waals surface area contributed by atoms with E-state index in [0.29, 0.717) is 0 Å². The van der Waals surface area contributed by atoms with E-state index in [-0.39, 0.29) is 0 Å². The van der Waals surface area contributed by atoms with E-state index in [9.17, 15) is 26.3 Å². The summed E-state index contributed by atoms with van der Waals surface area (Å²) in [5, 5.41) is 24.3. The second-order valence-electron chi connectivity index (χ2n) is 10.1. The van der Waals surface area contributed by atoms with Crippen molar-refractivity contribution >= 4 is 28.5 Å². The average Bonchev–Trinajstić information content (AvgIpc) is 3.71. The van der Waals surface area contributed by atoms with Crippen LogP contribution in [0.5, 0.6) is 5.75 Å². The van der Waals surface area contributed by atoms with Gasteiger partial charge in [0.25, 0.3) is 0 Å². The number of hydrogen-bond acceptors (Lipinski definition) is 7. The second kappa shape index (κ2) is 14.9. The number of fused-ring (bicyclic) bond motifs is 2. The molecule has 2 aromatic carbocycles. The lowest BCUT2D eigenvalue weighted by molar-refractivity contribution is -0.193. The van der Waals surface area contributed by atoms with Crippen molar-refractivity contribution in [3.8, 4) is 28.3 Å². The Balaban J connectivity index is 0.000000301. The number of hydrogen-bond donors (Lipinski definition) is 2. The Kier molecular flexibility index (Phi) is 11.0. The highest BCUT2D eigenvalue weighted by molar-refractivity contribution is 5.92. The van der Waals surface area contributed by atoms with Gasteiger partial charge in [0.2, 0.25) is 0 Å². The van der Waals surface area contributed by atoms with Crippen LogP contribution in [0, 0.1) is 0 Å². The molecular weight excluding hydrogens is 636 g/mol. The average molecular weight is 664 g/mol. The molecule has 3 aromatic heterocycles. The predicted molar refractivity (Wildman–Crippen MR) is 158 cm³/mol. The van der Waals surface area contributed by atoms with Crippen molar-refractivity contribution in [1.29, 1.82) is 0 Å². The first kappa shape index (κ1) is 34.6. The Morgan fingerprint density at radius 3 is 2.04 bits per heavy atom. The molecule has 0 radical (unpaired) electrons. The van der Waals surface area contributed by atoms with Crippen molar-refractivity contribution in [2.75, 3.05) is 26.2 Å². The molecular formula is C31H27F6N5O5. The number of rotatable bonds is 6. The lowest BCUT2D eigenvalue weighted by Gasteiger charge is -2.15. The van der Waals surface area contributed by atoms with Gasteiger partial charge >= 0.3 is 24.3 Å². The van der Waals surface area contributed by atoms with Crippen LogP contribution in [-0.4, -0.2) is 85.2 Å². The predicted octanol–water partition coefficient (Wildman–Crippen LogP) is 6.35. The molecule has 0 spiro atoms. The summed E-state index contributed by atoms with van der Waals surface area (Å²) in [5.74, 6) is -3.79. The third kappa shape index (κ3) is 9.38. The number of para-hydroxylation sites is 1. The number of carbonyl (C=O) groups is 2. The molecule has 1 aliphatic heterocycles. The minimum atomic E-state index is -5.08. The molecule has 16 heteroatoms. The number of pyridine rings is 2. The number of carboxylic acids is 2. The fraction of sp³-hybridized carbons (Fsp3) is 0.258. The van der Waals surface area contributed by atoms with E-state index in [1.165, 1.54) is 25.9 Å². The molecule has 5 aromatic rings. The van der Waals surface area contributed by atoms with Crippen LogP contribution in [0.3, 0.4) is 0 Å². The minimum absolute atomic E-state index is 0.734. The monoisotopic (exact) mass is 663 g/mol. The van der Waals surface area contributed by atoms with Crippen LogP contribution < -0.4 is 4.74 Å². The number of aliphatic carboxylic acids is 2. The molecule has 0 amide bonds. The maximum absolute atomic E-state index is 10.6. The highest BCUT2D eigenvalue weighted by Crippen LogP contribution is 2.29. The van der Waals surface area contributed by atoms with Gasteiger partial charge in [0.05, 0.1) is 5.52 Å². The Bertz CT molecular complexity index is 1790. The van der Waals surface area contributed by atoms with Crippen molar-refractivity contribution < 1.29 is 50.9 Å². The van der Waals surface area contributed by atoms with Crippen molar-refractivity contribution in [1.82, 2.24) is 24.5 Å². The fourth-order valence-electron chi connectivity index (χ4n) is 4.59. The zero-order valence-electron chi connectivity index (χ0n) is 24.4. The lowest BCUT2D eigenvalue weighted by atomic mass is 10.1. The Morgan fingerprint density at radius 2 is 1.43 bits per heavy atom. The molecule has 47 heavy (non-hydrogen) atoms. The summed E-state index contributed by atoms with van der Waals surface area (Å²) in [6, 6.07) is 22.6. The summed E-state index contributed by atoms with van der Waals surface area (Å²) in [4.78, 5) is 24.7. The minimum Gasteiger partial charge on any atom is -0.492 e. The number of nitrogens with zero attached hydrogens (tertiary/aromatic N) is 5. The number of halogens is 6. The van der Waals surface area contributed by atoms with Gasteiger partial charge in [0.15, 0.2) is 11.5 Å². The zero-order valence-corrected chi connectivity index (χ0v) is 24.4. The van der Waals surface area contributed by atoms with Gasteiger partial charge in [-0.05, 0) is 73.5 Å². The summed E-state index contributed by atoms with van der Waals surface area (Å²) < 4.78 is 71.4. The topological polar surface area (TPSA) is 130 Å². The molecule has 0 saturated carbocycles. The molecule has 0 bridgehead atoms. The van der Waals surface area contributed by atoms with Gasteiger partial charge in [0.1, 0.15) is 12.4 Å². The van der Waals surface area contributed by atoms with Gasteiger partial charge in [-0.3, -0.25) is 14.3 Å². The molecule has 0 unspecified atom stereocenters. The number of benzene rings is 2. The number of aromatic nitrogens is 4. The molecule has 10 nitrogen and oxygen atoms in total. The molecule has 0 atom stereocenters. The molecule has 0 aliphatic carbocycles. The first-order valence-electron chi connectivity index (χ1n) is 14.0. The smallest absolute Gasteiger partial charge is 0.490 e. The van der Waals surface area contributed by atoms with Crippen LogP contribution in [0.25, 0.3) is 39.1 Å². The van der Waals surface area contributed by atoms with Gasteiger partial charge < -0.3 is 14.9 Å². The van der Waals surface area contributed by atoms with Crippen molar-refractivity contribution in [2.24, 2.45) is 0 Å². The molecule has 248 valence electrons. The Hall–Kier alpha value is -5.25. The van der Waals surface area contributed by atoms with Crippen LogP contribution >= 0.6 is 0 Å². The van der Waals surface area contributed by atoms with Crippen molar-refractivity contribution in [2.45, 2.75) is 25.2 Å². The Morgan fingerprint density at radius 1 is 0.809 bits per heavy atom. The third-order valence-corrected chi connectivity index (χ3v) is 6.85. The van der Waals surface area contributed by atoms with Crippen molar-refractivity contribution in [3.05, 3.63) is 79.1 Å². The summed E-state index contributed by atoms with van der Waals surface area (Å²) in [7, 11) is 0. The first-order chi connectivity index (χ1) is 22.2. The largest absolute Gasteiger partial charge is 0.492 e. The van der Waals surface area contributed by atoms with E-state index in [0.717, 1.165) is 58.0 Å². The third-order valence-electron chi connectivity index (χ3n) is 6.85. The second-order valence-corrected chi connectivity index (χ2v) is 10.1. The molecule has 1 aliphatic rings. The van der Waals surface area contributed by atoms with Crippen LogP contribution in [-0.2, 0) is 9.59 Å². The van der Waals surface area contributed by atoms with Gasteiger partial charge in [-0.1, -0.05) is 30.3 Å². The van der Waals surface area contributed by atoms with E-state index in [1.807, 2.05) is 53.2 Å². The molecule has 4 heterocycles. The van der Waals surface area contributed by atoms with Crippen LogP contribution in [0.1, 0.15) is 12.8 Å². The summed E-state index contributed by atoms with van der Waals surface area (Å²) in [6.45, 7) is 4.14. The van der Waals surface area contributed by atoms with E-state index >= 15 is 0 Å². The Labute approximate surface area is 262 Å². The van der Waals surface area contributed by atoms with Gasteiger partial charge in [-0.15, -0.1) is 10.2 Å². The van der Waals surface area contributed by atoms with Gasteiger partial charge in [-0.2, -0.15) is 26.3 Å². The highest BCUT2D eigenvalue weighted by atomic mass is 19.4. The first-order valence-corrected chi connectivity index (χ1v) is 14.0. The maximum Gasteiger partial charge on any atom is 0.490 e. The van der Waals surface area contributed by atoms with E-state index in [1.54, 1.807) is 0 Å². The summed E-state index contributed by atoms with van der Waals surface area (Å²) in [5.41, 5.74) is 5.02. The maximum atomic E-state index is 10.6. The molecule has 2 N–H and O–H groups in total. The van der Waals surface area contributed by atoms with Crippen molar-refractivity contribution in [3.63, 3.8) is 0 Å². The zero-order chi connectivity index (χ0) is 34.2. The van der Waals surface area contributed by atoms with Crippen LogP contribution in [0.4, 0.5) is 26.3 Å². The van der Waals surface area contributed by atoms with Gasteiger partial charge in [-0.25, -0.2) is 9.59 Å². The SMILES string of the molecule is O=C(O)C(F)(F)F.O=C(O)C(F)(F)F.c1ccc2c(-c3nnc4cc(-c5ccc(OCCN6CCCC6)cc5)ccn34)ccnc2c1. The van der Waals surface area contributed by atoms with Crippen LogP contribution in [0.15, 0.2) is 79.1 Å². The quantitative estimate of drug-likeness (QED) is 0.200. The highest BCUT2D eigenvalue weighted by Gasteiger charge is 2.38. The number of ether oxygens (including phenoxy) is 1. The van der Waals surface area contributed by atoms with E-state index in [4.69, 9.17) is 24.5 Å². The summed E-state index contributed by atoms with van der Waals surface area (Å²) in [6.07, 6.45) is -3.69. The van der Waals surface area contributed by atoms with E-state index < -0.39 is 24.3 Å². The molecule has 6 rings (SSSR count). The number of carboxylic acid groups (broad SMARTS) is 2. The number of alkyl halides is 6.